The fourth-order valence-corrected chi connectivity index (χ4v) is 1.83. The van der Waals surface area contributed by atoms with Crippen molar-refractivity contribution in [2.45, 2.75) is 10.5 Å². The number of hydrogen-bond acceptors (Lipinski definition) is 4. The Morgan fingerprint density at radius 3 is 3.15 bits per heavy atom. The van der Waals surface area contributed by atoms with Crippen molar-refractivity contribution in [1.82, 2.24) is 15.0 Å². The molecule has 1 aliphatic heterocycles. The van der Waals surface area contributed by atoms with Gasteiger partial charge in [0.05, 0.1) is 0 Å². The van der Waals surface area contributed by atoms with E-state index in [0.717, 1.165) is 10.2 Å². The number of nitrogens with zero attached hydrogens (tertiary/aromatic N) is 2. The SMILES string of the molecule is ON1C=CC=CC1Sc1ncc[nH]1. The zero-order valence-electron chi connectivity index (χ0n) is 6.79. The largest absolute Gasteiger partial charge is 0.340 e. The topological polar surface area (TPSA) is 52.1 Å². The maximum atomic E-state index is 9.40. The lowest BCUT2D eigenvalue weighted by atomic mass is 10.4. The highest BCUT2D eigenvalue weighted by molar-refractivity contribution is 7.99. The van der Waals surface area contributed by atoms with E-state index in [0.29, 0.717) is 0 Å². The molecule has 2 rings (SSSR count). The van der Waals surface area contributed by atoms with Crippen LogP contribution in [0.25, 0.3) is 0 Å². The molecular formula is C8H9N3OS. The molecule has 5 heteroatoms. The van der Waals surface area contributed by atoms with E-state index in [4.69, 9.17) is 0 Å². The van der Waals surface area contributed by atoms with E-state index >= 15 is 0 Å². The molecule has 0 aliphatic carbocycles. The van der Waals surface area contributed by atoms with Crippen LogP contribution in [0.2, 0.25) is 0 Å². The molecule has 0 saturated heterocycles. The zero-order valence-corrected chi connectivity index (χ0v) is 7.61. The van der Waals surface area contributed by atoms with Crippen LogP contribution in [0.15, 0.2) is 42.0 Å². The van der Waals surface area contributed by atoms with Crippen molar-refractivity contribution in [3.05, 3.63) is 36.8 Å². The van der Waals surface area contributed by atoms with E-state index < -0.39 is 0 Å². The molecule has 0 aromatic carbocycles. The highest BCUT2D eigenvalue weighted by Crippen LogP contribution is 2.24. The van der Waals surface area contributed by atoms with Gasteiger partial charge in [-0.3, -0.25) is 5.21 Å². The first kappa shape index (κ1) is 8.40. The maximum absolute atomic E-state index is 9.40. The number of H-pyrrole nitrogens is 1. The fraction of sp³-hybridized carbons (Fsp3) is 0.125. The summed E-state index contributed by atoms with van der Waals surface area (Å²) < 4.78 is 0. The Balaban J connectivity index is 2.03. The lowest BCUT2D eigenvalue weighted by Gasteiger charge is -2.21. The fourth-order valence-electron chi connectivity index (χ4n) is 0.993. The normalized spacial score (nSPS) is 21.0. The summed E-state index contributed by atoms with van der Waals surface area (Å²) in [5, 5.41) is 11.2. The number of thioether (sulfide) groups is 1. The lowest BCUT2D eigenvalue weighted by molar-refractivity contribution is -0.0408. The second kappa shape index (κ2) is 3.68. The van der Waals surface area contributed by atoms with Gasteiger partial charge in [0.2, 0.25) is 0 Å². The molecule has 13 heavy (non-hydrogen) atoms. The number of allylic oxidation sites excluding steroid dienone is 2. The molecule has 1 aromatic rings. The minimum Gasteiger partial charge on any atom is -0.340 e. The molecule has 1 aliphatic rings. The third-order valence-electron chi connectivity index (χ3n) is 1.59. The summed E-state index contributed by atoms with van der Waals surface area (Å²) in [7, 11) is 0. The summed E-state index contributed by atoms with van der Waals surface area (Å²) >= 11 is 1.45. The Hall–Kier alpha value is -1.20. The quantitative estimate of drug-likeness (QED) is 0.752. The van der Waals surface area contributed by atoms with Gasteiger partial charge in [-0.2, -0.15) is 0 Å². The molecule has 2 N–H and O–H groups in total. The Bertz CT molecular complexity index is 320. The molecule has 68 valence electrons. The van der Waals surface area contributed by atoms with Crippen molar-refractivity contribution in [2.24, 2.45) is 0 Å². The van der Waals surface area contributed by atoms with Crippen molar-refractivity contribution in [1.29, 1.82) is 0 Å². The Morgan fingerprint density at radius 2 is 2.46 bits per heavy atom. The van der Waals surface area contributed by atoms with Crippen molar-refractivity contribution >= 4 is 11.8 Å². The van der Waals surface area contributed by atoms with Crippen molar-refractivity contribution in [3.63, 3.8) is 0 Å². The van der Waals surface area contributed by atoms with Gasteiger partial charge in [-0.05, 0) is 12.2 Å². The van der Waals surface area contributed by atoms with Crippen LogP contribution in [-0.4, -0.2) is 25.6 Å². The summed E-state index contributed by atoms with van der Waals surface area (Å²) in [5.41, 5.74) is 0. The van der Waals surface area contributed by atoms with Crippen molar-refractivity contribution < 1.29 is 5.21 Å². The minimum atomic E-state index is -0.101. The van der Waals surface area contributed by atoms with E-state index in [1.807, 2.05) is 12.2 Å². The molecule has 0 saturated carbocycles. The van der Waals surface area contributed by atoms with Gasteiger partial charge in [0.25, 0.3) is 0 Å². The molecule has 2 heterocycles. The predicted molar refractivity (Wildman–Crippen MR) is 50.1 cm³/mol. The molecule has 0 radical (unpaired) electrons. The average molecular weight is 195 g/mol. The van der Waals surface area contributed by atoms with Crippen molar-refractivity contribution in [2.75, 3.05) is 0 Å². The van der Waals surface area contributed by atoms with Gasteiger partial charge in [0, 0.05) is 18.6 Å². The first-order valence-electron chi connectivity index (χ1n) is 3.84. The van der Waals surface area contributed by atoms with Gasteiger partial charge in [-0.1, -0.05) is 17.8 Å². The summed E-state index contributed by atoms with van der Waals surface area (Å²) in [6.07, 6.45) is 10.6. The Kier molecular flexibility index (Phi) is 2.37. The number of aromatic amines is 1. The van der Waals surface area contributed by atoms with Crippen LogP contribution in [0.3, 0.4) is 0 Å². The number of hydroxylamine groups is 2. The molecule has 1 aromatic heterocycles. The van der Waals surface area contributed by atoms with Crippen molar-refractivity contribution in [3.8, 4) is 0 Å². The first-order valence-corrected chi connectivity index (χ1v) is 4.72. The average Bonchev–Trinajstić information content (AvgIpc) is 2.61. The monoisotopic (exact) mass is 195 g/mol. The predicted octanol–water partition coefficient (Wildman–Crippen LogP) is 1.60. The molecule has 1 unspecified atom stereocenters. The van der Waals surface area contributed by atoms with E-state index in [-0.39, 0.29) is 5.37 Å². The number of rotatable bonds is 2. The number of aromatic nitrogens is 2. The second-order valence-electron chi connectivity index (χ2n) is 2.51. The lowest BCUT2D eigenvalue weighted by Crippen LogP contribution is -2.23. The van der Waals surface area contributed by atoms with E-state index in [9.17, 15) is 5.21 Å². The smallest absolute Gasteiger partial charge is 0.167 e. The second-order valence-corrected chi connectivity index (χ2v) is 3.61. The van der Waals surface area contributed by atoms with Crippen LogP contribution in [0.4, 0.5) is 0 Å². The van der Waals surface area contributed by atoms with E-state index in [1.165, 1.54) is 11.8 Å². The highest BCUT2D eigenvalue weighted by atomic mass is 32.2. The van der Waals surface area contributed by atoms with Crippen LogP contribution >= 0.6 is 11.8 Å². The van der Waals surface area contributed by atoms with Crippen LogP contribution in [-0.2, 0) is 0 Å². The standard InChI is InChI=1S/C8H9N3OS/c12-11-6-2-1-3-7(11)13-8-9-4-5-10-8/h1-7,12H,(H,9,10). The van der Waals surface area contributed by atoms with Crippen LogP contribution < -0.4 is 0 Å². The highest BCUT2D eigenvalue weighted by Gasteiger charge is 2.14. The molecular weight excluding hydrogens is 186 g/mol. The van der Waals surface area contributed by atoms with Crippen LogP contribution in [0, 0.1) is 0 Å². The Labute approximate surface area is 79.9 Å². The van der Waals surface area contributed by atoms with Gasteiger partial charge in [0.1, 0.15) is 5.37 Å². The van der Waals surface area contributed by atoms with Crippen LogP contribution in [0.1, 0.15) is 0 Å². The van der Waals surface area contributed by atoms with Gasteiger partial charge in [-0.25, -0.2) is 10.0 Å². The van der Waals surface area contributed by atoms with Crippen LogP contribution in [0.5, 0.6) is 0 Å². The minimum absolute atomic E-state index is 0.101. The van der Waals surface area contributed by atoms with E-state index in [2.05, 4.69) is 9.97 Å². The first-order chi connectivity index (χ1) is 6.36. The molecule has 1 atom stereocenters. The number of hydrogen-bond donors (Lipinski definition) is 2. The molecule has 0 fully saturated rings. The Morgan fingerprint density at radius 1 is 1.54 bits per heavy atom. The van der Waals surface area contributed by atoms with Gasteiger partial charge < -0.3 is 4.98 Å². The van der Waals surface area contributed by atoms with Gasteiger partial charge >= 0.3 is 0 Å². The maximum Gasteiger partial charge on any atom is 0.167 e. The molecule has 0 bridgehead atoms. The summed E-state index contributed by atoms with van der Waals surface area (Å²) in [6, 6.07) is 0. The van der Waals surface area contributed by atoms with Gasteiger partial charge in [0.15, 0.2) is 5.16 Å². The number of imidazole rings is 1. The zero-order chi connectivity index (χ0) is 9.10. The molecule has 4 nitrogen and oxygen atoms in total. The third-order valence-corrected chi connectivity index (χ3v) is 2.65. The molecule has 0 spiro atoms. The number of nitrogens with one attached hydrogen (secondary N) is 1. The summed E-state index contributed by atoms with van der Waals surface area (Å²) in [4.78, 5) is 7.02. The third kappa shape index (κ3) is 1.93. The summed E-state index contributed by atoms with van der Waals surface area (Å²) in [6.45, 7) is 0. The molecule has 0 amide bonds. The summed E-state index contributed by atoms with van der Waals surface area (Å²) in [5.74, 6) is 0. The van der Waals surface area contributed by atoms with E-state index in [1.54, 1.807) is 24.7 Å². The van der Waals surface area contributed by atoms with Gasteiger partial charge in [-0.15, -0.1) is 0 Å².